The second-order valence-electron chi connectivity index (χ2n) is 7.63. The van der Waals surface area contributed by atoms with Crippen LogP contribution in [0.3, 0.4) is 0 Å². The molecule has 0 N–H and O–H groups in total. The number of aromatic nitrogens is 1. The molecule has 4 rings (SSSR count). The molecule has 2 aromatic rings. The molecule has 0 aliphatic carbocycles. The van der Waals surface area contributed by atoms with Gasteiger partial charge in [0.05, 0.1) is 13.2 Å². The molecule has 1 saturated heterocycles. The van der Waals surface area contributed by atoms with Gasteiger partial charge in [0.25, 0.3) is 5.91 Å². The second kappa shape index (κ2) is 7.70. The molecule has 1 aromatic carbocycles. The zero-order chi connectivity index (χ0) is 19.7. The standard InChI is InChI=1S/C22H27N3O3/c1-16-20-4-3-11-23(20)14-15-25(16)22(27)18-9-12-24(13-10-18)21(26)17-5-7-19(28-2)8-6-17/h3-8,11,16,18H,9-10,12-15H2,1-2H3. The van der Waals surface area contributed by atoms with Crippen LogP contribution in [-0.2, 0) is 11.3 Å². The molecule has 1 aromatic heterocycles. The van der Waals surface area contributed by atoms with Gasteiger partial charge in [-0.1, -0.05) is 0 Å². The molecule has 0 saturated carbocycles. The van der Waals surface area contributed by atoms with Crippen LogP contribution in [0.5, 0.6) is 5.75 Å². The first kappa shape index (κ1) is 18.6. The molecule has 28 heavy (non-hydrogen) atoms. The molecule has 1 unspecified atom stereocenters. The normalized spacial score (nSPS) is 20.0. The van der Waals surface area contributed by atoms with Gasteiger partial charge < -0.3 is 19.1 Å². The van der Waals surface area contributed by atoms with E-state index in [9.17, 15) is 9.59 Å². The van der Waals surface area contributed by atoms with Crippen molar-refractivity contribution in [3.63, 3.8) is 0 Å². The van der Waals surface area contributed by atoms with E-state index in [1.165, 1.54) is 5.69 Å². The van der Waals surface area contributed by atoms with Gasteiger partial charge >= 0.3 is 0 Å². The van der Waals surface area contributed by atoms with Crippen molar-refractivity contribution < 1.29 is 14.3 Å². The van der Waals surface area contributed by atoms with E-state index >= 15 is 0 Å². The Bertz CT molecular complexity index is 850. The minimum Gasteiger partial charge on any atom is -0.497 e. The van der Waals surface area contributed by atoms with Gasteiger partial charge in [-0.3, -0.25) is 9.59 Å². The Kier molecular flexibility index (Phi) is 5.11. The molecule has 148 valence electrons. The maximum Gasteiger partial charge on any atom is 0.253 e. The van der Waals surface area contributed by atoms with Crippen LogP contribution in [0.15, 0.2) is 42.6 Å². The van der Waals surface area contributed by atoms with Crippen molar-refractivity contribution in [3.05, 3.63) is 53.9 Å². The van der Waals surface area contributed by atoms with Crippen molar-refractivity contribution >= 4 is 11.8 Å². The summed E-state index contributed by atoms with van der Waals surface area (Å²) in [4.78, 5) is 29.7. The third-order valence-corrected chi connectivity index (χ3v) is 6.09. The van der Waals surface area contributed by atoms with Crippen molar-refractivity contribution in [1.29, 1.82) is 0 Å². The number of hydrogen-bond acceptors (Lipinski definition) is 3. The van der Waals surface area contributed by atoms with Gasteiger partial charge in [-0.05, 0) is 56.2 Å². The molecule has 0 spiro atoms. The summed E-state index contributed by atoms with van der Waals surface area (Å²) in [5.41, 5.74) is 1.86. The number of likely N-dealkylation sites (tertiary alicyclic amines) is 1. The number of ether oxygens (including phenoxy) is 1. The van der Waals surface area contributed by atoms with E-state index in [4.69, 9.17) is 4.74 Å². The lowest BCUT2D eigenvalue weighted by Crippen LogP contribution is -2.47. The van der Waals surface area contributed by atoms with Crippen molar-refractivity contribution in [2.24, 2.45) is 5.92 Å². The smallest absolute Gasteiger partial charge is 0.253 e. The van der Waals surface area contributed by atoms with E-state index < -0.39 is 0 Å². The first-order valence-corrected chi connectivity index (χ1v) is 9.97. The number of hydrogen-bond donors (Lipinski definition) is 0. The zero-order valence-electron chi connectivity index (χ0n) is 16.5. The van der Waals surface area contributed by atoms with Gasteiger partial charge in [0.2, 0.25) is 5.91 Å². The maximum atomic E-state index is 13.1. The number of amides is 2. The highest BCUT2D eigenvalue weighted by molar-refractivity contribution is 5.94. The lowest BCUT2D eigenvalue weighted by Gasteiger charge is -2.39. The van der Waals surface area contributed by atoms with Crippen LogP contribution in [0, 0.1) is 5.92 Å². The Labute approximate surface area is 165 Å². The molecule has 1 atom stereocenters. The summed E-state index contributed by atoms with van der Waals surface area (Å²) in [6, 6.07) is 11.4. The second-order valence-corrected chi connectivity index (χ2v) is 7.63. The highest BCUT2D eigenvalue weighted by Gasteiger charge is 2.34. The minimum absolute atomic E-state index is 0.00359. The molecule has 0 radical (unpaired) electrons. The minimum atomic E-state index is 0.00359. The van der Waals surface area contributed by atoms with Crippen LogP contribution in [0.2, 0.25) is 0 Å². The summed E-state index contributed by atoms with van der Waals surface area (Å²) in [7, 11) is 1.61. The van der Waals surface area contributed by atoms with E-state index in [0.29, 0.717) is 18.7 Å². The maximum absolute atomic E-state index is 13.1. The van der Waals surface area contributed by atoms with E-state index in [0.717, 1.165) is 31.7 Å². The quantitative estimate of drug-likeness (QED) is 0.821. The third kappa shape index (κ3) is 3.39. The van der Waals surface area contributed by atoms with Gasteiger partial charge in [-0.2, -0.15) is 0 Å². The molecule has 1 fully saturated rings. The van der Waals surface area contributed by atoms with Gasteiger partial charge in [0, 0.05) is 49.6 Å². The summed E-state index contributed by atoms with van der Waals surface area (Å²) >= 11 is 0. The summed E-state index contributed by atoms with van der Waals surface area (Å²) in [6.45, 7) is 4.96. The highest BCUT2D eigenvalue weighted by Crippen LogP contribution is 2.29. The van der Waals surface area contributed by atoms with Gasteiger partial charge in [0.15, 0.2) is 0 Å². The van der Waals surface area contributed by atoms with Crippen LogP contribution in [-0.4, -0.2) is 52.9 Å². The van der Waals surface area contributed by atoms with Crippen molar-refractivity contribution in [1.82, 2.24) is 14.4 Å². The highest BCUT2D eigenvalue weighted by atomic mass is 16.5. The Morgan fingerprint density at radius 1 is 1.00 bits per heavy atom. The topological polar surface area (TPSA) is 54.8 Å². The van der Waals surface area contributed by atoms with E-state index in [2.05, 4.69) is 23.8 Å². The Morgan fingerprint density at radius 2 is 1.71 bits per heavy atom. The molecular formula is C22H27N3O3. The number of carbonyl (C=O) groups is 2. The largest absolute Gasteiger partial charge is 0.497 e. The van der Waals surface area contributed by atoms with Crippen molar-refractivity contribution in [2.75, 3.05) is 26.7 Å². The van der Waals surface area contributed by atoms with Gasteiger partial charge in [0.1, 0.15) is 5.75 Å². The number of piperidine rings is 1. The molecular weight excluding hydrogens is 354 g/mol. The zero-order valence-corrected chi connectivity index (χ0v) is 16.5. The molecule has 6 nitrogen and oxygen atoms in total. The van der Waals surface area contributed by atoms with E-state index in [1.807, 2.05) is 15.9 Å². The van der Waals surface area contributed by atoms with Gasteiger partial charge in [-0.25, -0.2) is 0 Å². The Hall–Kier alpha value is -2.76. The Balaban J connectivity index is 1.36. The molecule has 3 heterocycles. The van der Waals surface area contributed by atoms with Crippen LogP contribution in [0.25, 0.3) is 0 Å². The van der Waals surface area contributed by atoms with E-state index in [1.54, 1.807) is 31.4 Å². The third-order valence-electron chi connectivity index (χ3n) is 6.09. The number of fused-ring (bicyclic) bond motifs is 1. The average Bonchev–Trinajstić information content (AvgIpc) is 3.23. The number of rotatable bonds is 3. The van der Waals surface area contributed by atoms with Crippen molar-refractivity contribution in [3.8, 4) is 5.75 Å². The fourth-order valence-corrected chi connectivity index (χ4v) is 4.36. The van der Waals surface area contributed by atoms with Crippen molar-refractivity contribution in [2.45, 2.75) is 32.4 Å². The van der Waals surface area contributed by atoms with Crippen LogP contribution < -0.4 is 4.74 Å². The molecule has 2 aliphatic heterocycles. The van der Waals surface area contributed by atoms with Gasteiger partial charge in [-0.15, -0.1) is 0 Å². The first-order chi connectivity index (χ1) is 13.6. The lowest BCUT2D eigenvalue weighted by molar-refractivity contribution is -0.140. The first-order valence-electron chi connectivity index (χ1n) is 9.97. The summed E-state index contributed by atoms with van der Waals surface area (Å²) < 4.78 is 7.38. The predicted molar refractivity (Wildman–Crippen MR) is 106 cm³/mol. The monoisotopic (exact) mass is 381 g/mol. The van der Waals surface area contributed by atoms with E-state index in [-0.39, 0.29) is 23.8 Å². The predicted octanol–water partition coefficient (Wildman–Crippen LogP) is 2.95. The number of benzene rings is 1. The molecule has 6 heteroatoms. The molecule has 0 bridgehead atoms. The fraction of sp³-hybridized carbons (Fsp3) is 0.455. The van der Waals surface area contributed by atoms with Crippen LogP contribution in [0.4, 0.5) is 0 Å². The van der Waals surface area contributed by atoms with Crippen LogP contribution in [0.1, 0.15) is 41.9 Å². The number of nitrogens with zero attached hydrogens (tertiary/aromatic N) is 3. The lowest BCUT2D eigenvalue weighted by atomic mass is 9.93. The number of carbonyl (C=O) groups excluding carboxylic acids is 2. The summed E-state index contributed by atoms with van der Waals surface area (Å²) in [5, 5.41) is 0. The SMILES string of the molecule is COc1ccc(C(=O)N2CCC(C(=O)N3CCn4cccc4C3C)CC2)cc1. The summed E-state index contributed by atoms with van der Waals surface area (Å²) in [5.74, 6) is 1.00. The fourth-order valence-electron chi connectivity index (χ4n) is 4.36. The number of methoxy groups -OCH3 is 1. The summed E-state index contributed by atoms with van der Waals surface area (Å²) in [6.07, 6.45) is 3.53. The molecule has 2 amide bonds. The van der Waals surface area contributed by atoms with Crippen LogP contribution >= 0.6 is 0 Å². The Morgan fingerprint density at radius 3 is 2.39 bits per heavy atom. The molecule has 2 aliphatic rings. The average molecular weight is 381 g/mol.